The summed E-state index contributed by atoms with van der Waals surface area (Å²) >= 11 is 5.48. The van der Waals surface area contributed by atoms with Crippen LogP contribution in [0, 0.1) is 5.82 Å². The SMILES string of the molecule is Cn1c(=O)cc(O)c2cnc(Cl)c(F)c21. The van der Waals surface area contributed by atoms with E-state index in [2.05, 4.69) is 4.98 Å². The highest BCUT2D eigenvalue weighted by molar-refractivity contribution is 6.30. The molecule has 15 heavy (non-hydrogen) atoms. The Balaban J connectivity index is 3.11. The van der Waals surface area contributed by atoms with Crippen molar-refractivity contribution in [3.63, 3.8) is 0 Å². The molecule has 0 bridgehead atoms. The van der Waals surface area contributed by atoms with Crippen LogP contribution in [0.4, 0.5) is 4.39 Å². The number of nitrogens with zero attached hydrogens (tertiary/aromatic N) is 2. The largest absolute Gasteiger partial charge is 0.507 e. The van der Waals surface area contributed by atoms with E-state index in [1.165, 1.54) is 13.2 Å². The van der Waals surface area contributed by atoms with Gasteiger partial charge >= 0.3 is 0 Å². The predicted octanol–water partition coefficient (Wildman–Crippen LogP) is 1.43. The lowest BCUT2D eigenvalue weighted by Crippen LogP contribution is -2.16. The maximum Gasteiger partial charge on any atom is 0.254 e. The van der Waals surface area contributed by atoms with E-state index < -0.39 is 11.4 Å². The molecule has 0 aliphatic rings. The maximum atomic E-state index is 13.6. The van der Waals surface area contributed by atoms with Crippen LogP contribution in [0.15, 0.2) is 17.1 Å². The van der Waals surface area contributed by atoms with E-state index in [4.69, 9.17) is 11.6 Å². The second-order valence-corrected chi connectivity index (χ2v) is 3.41. The molecule has 0 aromatic carbocycles. The summed E-state index contributed by atoms with van der Waals surface area (Å²) in [5, 5.41) is 9.25. The quantitative estimate of drug-likeness (QED) is 0.694. The van der Waals surface area contributed by atoms with Crippen molar-refractivity contribution in [2.24, 2.45) is 7.05 Å². The molecule has 78 valence electrons. The van der Waals surface area contributed by atoms with Gasteiger partial charge in [0.15, 0.2) is 11.0 Å². The molecule has 0 saturated carbocycles. The Labute approximate surface area is 88.6 Å². The first-order valence-corrected chi connectivity index (χ1v) is 4.43. The number of aryl methyl sites for hydroxylation is 1. The second-order valence-electron chi connectivity index (χ2n) is 3.05. The number of pyridine rings is 2. The third-order valence-electron chi connectivity index (χ3n) is 2.15. The number of aromatic nitrogens is 2. The molecule has 0 unspecified atom stereocenters. The molecule has 2 heterocycles. The Hall–Kier alpha value is -1.62. The number of hydrogen-bond donors (Lipinski definition) is 1. The average molecular weight is 229 g/mol. The fourth-order valence-electron chi connectivity index (χ4n) is 1.37. The van der Waals surface area contributed by atoms with Crippen molar-refractivity contribution in [1.29, 1.82) is 0 Å². The molecule has 0 spiro atoms. The highest BCUT2D eigenvalue weighted by atomic mass is 35.5. The van der Waals surface area contributed by atoms with Crippen LogP contribution >= 0.6 is 11.6 Å². The summed E-state index contributed by atoms with van der Waals surface area (Å²) in [4.78, 5) is 14.8. The number of halogens is 2. The number of rotatable bonds is 0. The van der Waals surface area contributed by atoms with Gasteiger partial charge in [0, 0.05) is 19.3 Å². The normalized spacial score (nSPS) is 10.9. The Morgan fingerprint density at radius 1 is 1.60 bits per heavy atom. The minimum Gasteiger partial charge on any atom is -0.507 e. The van der Waals surface area contributed by atoms with Gasteiger partial charge in [-0.1, -0.05) is 11.6 Å². The lowest BCUT2D eigenvalue weighted by molar-refractivity contribution is 0.478. The summed E-state index contributed by atoms with van der Waals surface area (Å²) < 4.78 is 14.6. The van der Waals surface area contributed by atoms with Crippen LogP contribution < -0.4 is 5.56 Å². The Morgan fingerprint density at radius 2 is 2.27 bits per heavy atom. The van der Waals surface area contributed by atoms with Gasteiger partial charge in [0.05, 0.1) is 10.9 Å². The van der Waals surface area contributed by atoms with E-state index in [1.54, 1.807) is 0 Å². The first-order valence-electron chi connectivity index (χ1n) is 4.05. The zero-order valence-electron chi connectivity index (χ0n) is 7.66. The Morgan fingerprint density at radius 3 is 2.93 bits per heavy atom. The standard InChI is InChI=1S/C9H6ClFN2O2/c1-13-6(15)2-5(14)4-3-12-9(10)7(11)8(4)13/h2-3,14H,1H3. The highest BCUT2D eigenvalue weighted by Crippen LogP contribution is 2.26. The van der Waals surface area contributed by atoms with Gasteiger partial charge in [0.2, 0.25) is 0 Å². The van der Waals surface area contributed by atoms with Crippen LogP contribution in [0.25, 0.3) is 10.9 Å². The smallest absolute Gasteiger partial charge is 0.254 e. The first kappa shape index (κ1) is 9.92. The van der Waals surface area contributed by atoms with Crippen molar-refractivity contribution in [3.8, 4) is 5.75 Å². The fraction of sp³-hybridized carbons (Fsp3) is 0.111. The lowest BCUT2D eigenvalue weighted by Gasteiger charge is -2.07. The van der Waals surface area contributed by atoms with Crippen LogP contribution in [-0.2, 0) is 7.05 Å². The molecule has 4 nitrogen and oxygen atoms in total. The van der Waals surface area contributed by atoms with Crippen molar-refractivity contribution in [2.75, 3.05) is 0 Å². The molecule has 0 aliphatic heterocycles. The van der Waals surface area contributed by atoms with Crippen molar-refractivity contribution in [2.45, 2.75) is 0 Å². The van der Waals surface area contributed by atoms with Crippen molar-refractivity contribution >= 4 is 22.5 Å². The minimum atomic E-state index is -0.815. The third kappa shape index (κ3) is 1.35. The highest BCUT2D eigenvalue weighted by Gasteiger charge is 2.13. The molecule has 2 aromatic rings. The van der Waals surface area contributed by atoms with Gasteiger partial charge in [0.1, 0.15) is 5.75 Å². The minimum absolute atomic E-state index is 0.0556. The van der Waals surface area contributed by atoms with Crippen LogP contribution in [0.2, 0.25) is 5.15 Å². The van der Waals surface area contributed by atoms with Gasteiger partial charge in [-0.25, -0.2) is 9.37 Å². The molecule has 2 aromatic heterocycles. The predicted molar refractivity (Wildman–Crippen MR) is 53.6 cm³/mol. The van der Waals surface area contributed by atoms with E-state index in [0.717, 1.165) is 10.6 Å². The van der Waals surface area contributed by atoms with E-state index in [9.17, 15) is 14.3 Å². The van der Waals surface area contributed by atoms with Gasteiger partial charge in [0.25, 0.3) is 5.56 Å². The molecule has 1 N–H and O–H groups in total. The van der Waals surface area contributed by atoms with Gasteiger partial charge in [-0.15, -0.1) is 0 Å². The van der Waals surface area contributed by atoms with Crippen LogP contribution in [-0.4, -0.2) is 14.7 Å². The molecule has 2 rings (SSSR count). The number of fused-ring (bicyclic) bond motifs is 1. The molecular weight excluding hydrogens is 223 g/mol. The van der Waals surface area contributed by atoms with E-state index >= 15 is 0 Å². The van der Waals surface area contributed by atoms with E-state index in [0.29, 0.717) is 0 Å². The molecule has 0 fully saturated rings. The van der Waals surface area contributed by atoms with Gasteiger partial charge in [-0.2, -0.15) is 0 Å². The fourth-order valence-corrected chi connectivity index (χ4v) is 1.51. The van der Waals surface area contributed by atoms with Crippen molar-refractivity contribution in [3.05, 3.63) is 33.6 Å². The van der Waals surface area contributed by atoms with E-state index in [1.807, 2.05) is 0 Å². The Kier molecular flexibility index (Phi) is 2.12. The molecule has 6 heteroatoms. The lowest BCUT2D eigenvalue weighted by atomic mass is 10.2. The maximum absolute atomic E-state index is 13.6. The van der Waals surface area contributed by atoms with Crippen LogP contribution in [0.5, 0.6) is 5.75 Å². The van der Waals surface area contributed by atoms with Crippen molar-refractivity contribution < 1.29 is 9.50 Å². The molecule has 0 radical (unpaired) electrons. The first-order chi connectivity index (χ1) is 7.02. The average Bonchev–Trinajstić information content (AvgIpc) is 2.19. The van der Waals surface area contributed by atoms with Gasteiger partial charge in [-0.3, -0.25) is 4.79 Å². The Bertz CT molecular complexity index is 609. The molecule has 0 aliphatic carbocycles. The summed E-state index contributed by atoms with van der Waals surface area (Å²) in [6, 6.07) is 0.997. The van der Waals surface area contributed by atoms with Gasteiger partial charge < -0.3 is 9.67 Å². The zero-order chi connectivity index (χ0) is 11.2. The third-order valence-corrected chi connectivity index (χ3v) is 2.42. The summed E-state index contributed by atoms with van der Waals surface area (Å²) in [5.41, 5.74) is -0.568. The second kappa shape index (κ2) is 3.20. The molecular formula is C9H6ClFN2O2. The summed E-state index contributed by atoms with van der Waals surface area (Å²) in [5.74, 6) is -1.12. The number of aromatic hydroxyl groups is 1. The summed E-state index contributed by atoms with van der Waals surface area (Å²) in [6.07, 6.45) is 1.22. The van der Waals surface area contributed by atoms with Crippen LogP contribution in [0.3, 0.4) is 0 Å². The molecule has 0 atom stereocenters. The van der Waals surface area contributed by atoms with Crippen molar-refractivity contribution in [1.82, 2.24) is 9.55 Å². The number of hydrogen-bond acceptors (Lipinski definition) is 3. The summed E-state index contributed by atoms with van der Waals surface area (Å²) in [7, 11) is 1.39. The van der Waals surface area contributed by atoms with E-state index in [-0.39, 0.29) is 21.8 Å². The van der Waals surface area contributed by atoms with Crippen LogP contribution in [0.1, 0.15) is 0 Å². The molecule has 0 amide bonds. The summed E-state index contributed by atoms with van der Waals surface area (Å²) in [6.45, 7) is 0. The monoisotopic (exact) mass is 228 g/mol. The zero-order valence-corrected chi connectivity index (χ0v) is 8.42. The van der Waals surface area contributed by atoms with Gasteiger partial charge in [-0.05, 0) is 0 Å². The molecule has 0 saturated heterocycles. The topological polar surface area (TPSA) is 55.1 Å².